The van der Waals surface area contributed by atoms with Crippen LogP contribution >= 0.6 is 0 Å². The summed E-state index contributed by atoms with van der Waals surface area (Å²) in [6.07, 6.45) is 2.47. The smallest absolute Gasteiger partial charge is 0.229 e. The fraction of sp³-hybridized carbons (Fsp3) is 0.111. The summed E-state index contributed by atoms with van der Waals surface area (Å²) in [4.78, 5) is 8.38. The Morgan fingerprint density at radius 1 is 0.917 bits per heavy atom. The zero-order valence-corrected chi connectivity index (χ0v) is 12.8. The third-order valence-electron chi connectivity index (χ3n) is 3.39. The molecule has 6 heteroatoms. The van der Waals surface area contributed by atoms with E-state index in [-0.39, 0.29) is 0 Å². The highest BCUT2D eigenvalue weighted by Crippen LogP contribution is 2.17. The van der Waals surface area contributed by atoms with Gasteiger partial charge in [0.15, 0.2) is 11.6 Å². The van der Waals surface area contributed by atoms with Crippen LogP contribution in [0.4, 0.5) is 26.2 Å². The molecule has 0 spiro atoms. The van der Waals surface area contributed by atoms with Crippen molar-refractivity contribution in [1.29, 1.82) is 0 Å². The van der Waals surface area contributed by atoms with Gasteiger partial charge in [-0.15, -0.1) is 0 Å². The standard InChI is InChI=1S/C18H16F2N4/c19-15-7-6-14(12-16(15)20)23-18-22-11-9-17(24-18)21-10-8-13-4-2-1-3-5-13/h1-7,9,11-12H,8,10H2,(H2,21,22,23,24). The van der Waals surface area contributed by atoms with Crippen LogP contribution in [0.2, 0.25) is 0 Å². The quantitative estimate of drug-likeness (QED) is 0.714. The molecule has 0 bridgehead atoms. The summed E-state index contributed by atoms with van der Waals surface area (Å²) in [5.41, 5.74) is 1.62. The van der Waals surface area contributed by atoms with Crippen LogP contribution in [-0.4, -0.2) is 16.5 Å². The van der Waals surface area contributed by atoms with Gasteiger partial charge in [0.1, 0.15) is 5.82 Å². The lowest BCUT2D eigenvalue weighted by molar-refractivity contribution is 0.509. The summed E-state index contributed by atoms with van der Waals surface area (Å²) >= 11 is 0. The molecule has 0 aliphatic rings. The predicted octanol–water partition coefficient (Wildman–Crippen LogP) is 4.15. The number of anilines is 3. The number of nitrogens with zero attached hydrogens (tertiary/aromatic N) is 2. The van der Waals surface area contributed by atoms with Crippen LogP contribution in [0, 0.1) is 11.6 Å². The molecule has 0 aliphatic heterocycles. The molecule has 24 heavy (non-hydrogen) atoms. The van der Waals surface area contributed by atoms with E-state index in [1.807, 2.05) is 18.2 Å². The fourth-order valence-corrected chi connectivity index (χ4v) is 2.20. The van der Waals surface area contributed by atoms with Gasteiger partial charge < -0.3 is 10.6 Å². The van der Waals surface area contributed by atoms with E-state index in [0.29, 0.717) is 17.5 Å². The van der Waals surface area contributed by atoms with Gasteiger partial charge in [-0.05, 0) is 30.2 Å². The van der Waals surface area contributed by atoms with Crippen molar-refractivity contribution in [3.8, 4) is 0 Å². The third-order valence-corrected chi connectivity index (χ3v) is 3.39. The van der Waals surface area contributed by atoms with E-state index in [2.05, 4.69) is 32.7 Å². The predicted molar refractivity (Wildman–Crippen MR) is 90.3 cm³/mol. The minimum Gasteiger partial charge on any atom is -0.370 e. The van der Waals surface area contributed by atoms with Gasteiger partial charge in [-0.1, -0.05) is 30.3 Å². The van der Waals surface area contributed by atoms with Crippen molar-refractivity contribution in [3.63, 3.8) is 0 Å². The number of hydrogen-bond acceptors (Lipinski definition) is 4. The van der Waals surface area contributed by atoms with Gasteiger partial charge in [0, 0.05) is 24.5 Å². The van der Waals surface area contributed by atoms with Crippen LogP contribution in [-0.2, 0) is 6.42 Å². The fourth-order valence-electron chi connectivity index (χ4n) is 2.20. The van der Waals surface area contributed by atoms with E-state index >= 15 is 0 Å². The molecular formula is C18H16F2N4. The molecule has 2 aromatic carbocycles. The topological polar surface area (TPSA) is 49.8 Å². The molecule has 1 heterocycles. The van der Waals surface area contributed by atoms with Crippen molar-refractivity contribution >= 4 is 17.5 Å². The summed E-state index contributed by atoms with van der Waals surface area (Å²) in [6, 6.07) is 15.4. The Hall–Kier alpha value is -3.02. The lowest BCUT2D eigenvalue weighted by atomic mass is 10.1. The van der Waals surface area contributed by atoms with E-state index < -0.39 is 11.6 Å². The van der Waals surface area contributed by atoms with Gasteiger partial charge in [0.05, 0.1) is 0 Å². The average Bonchev–Trinajstić information content (AvgIpc) is 2.60. The highest BCUT2D eigenvalue weighted by Gasteiger charge is 2.04. The highest BCUT2D eigenvalue weighted by atomic mass is 19.2. The number of rotatable bonds is 6. The molecular weight excluding hydrogens is 310 g/mol. The molecule has 0 fully saturated rings. The maximum atomic E-state index is 13.2. The Bertz CT molecular complexity index is 809. The second-order valence-corrected chi connectivity index (χ2v) is 5.18. The van der Waals surface area contributed by atoms with Crippen molar-refractivity contribution in [2.45, 2.75) is 6.42 Å². The SMILES string of the molecule is Fc1ccc(Nc2nccc(NCCc3ccccc3)n2)cc1F. The van der Waals surface area contributed by atoms with E-state index in [1.54, 1.807) is 12.3 Å². The first-order valence-corrected chi connectivity index (χ1v) is 7.53. The third kappa shape index (κ3) is 4.25. The maximum Gasteiger partial charge on any atom is 0.229 e. The Kier molecular flexibility index (Phi) is 4.96. The van der Waals surface area contributed by atoms with E-state index in [9.17, 15) is 8.78 Å². The van der Waals surface area contributed by atoms with Crippen molar-refractivity contribution in [3.05, 3.63) is 78.0 Å². The average molecular weight is 326 g/mol. The molecule has 0 unspecified atom stereocenters. The zero-order chi connectivity index (χ0) is 16.8. The van der Waals surface area contributed by atoms with Crippen LogP contribution in [0.1, 0.15) is 5.56 Å². The molecule has 3 aromatic rings. The lowest BCUT2D eigenvalue weighted by Crippen LogP contribution is -2.07. The van der Waals surface area contributed by atoms with Gasteiger partial charge >= 0.3 is 0 Å². The first-order chi connectivity index (χ1) is 11.7. The number of hydrogen-bond donors (Lipinski definition) is 2. The molecule has 3 rings (SSSR count). The summed E-state index contributed by atoms with van der Waals surface area (Å²) in [5, 5.41) is 6.07. The van der Waals surface area contributed by atoms with E-state index in [0.717, 1.165) is 25.1 Å². The van der Waals surface area contributed by atoms with Crippen molar-refractivity contribution in [2.75, 3.05) is 17.2 Å². The molecule has 4 nitrogen and oxygen atoms in total. The van der Waals surface area contributed by atoms with Gasteiger partial charge in [-0.3, -0.25) is 0 Å². The molecule has 0 saturated carbocycles. The molecule has 122 valence electrons. The first-order valence-electron chi connectivity index (χ1n) is 7.53. The van der Waals surface area contributed by atoms with Gasteiger partial charge in [-0.25, -0.2) is 13.8 Å². The van der Waals surface area contributed by atoms with Crippen LogP contribution in [0.5, 0.6) is 0 Å². The van der Waals surface area contributed by atoms with E-state index in [1.165, 1.54) is 11.6 Å². The molecule has 0 saturated heterocycles. The lowest BCUT2D eigenvalue weighted by Gasteiger charge is -2.08. The van der Waals surface area contributed by atoms with E-state index in [4.69, 9.17) is 0 Å². The van der Waals surface area contributed by atoms with Crippen molar-refractivity contribution in [2.24, 2.45) is 0 Å². The largest absolute Gasteiger partial charge is 0.370 e. The molecule has 0 radical (unpaired) electrons. The molecule has 2 N–H and O–H groups in total. The highest BCUT2D eigenvalue weighted by molar-refractivity contribution is 5.54. The van der Waals surface area contributed by atoms with Crippen molar-refractivity contribution < 1.29 is 8.78 Å². The Morgan fingerprint density at radius 3 is 2.54 bits per heavy atom. The second-order valence-electron chi connectivity index (χ2n) is 5.18. The normalized spacial score (nSPS) is 10.4. The minimum absolute atomic E-state index is 0.311. The maximum absolute atomic E-state index is 13.2. The summed E-state index contributed by atoms with van der Waals surface area (Å²) in [7, 11) is 0. The summed E-state index contributed by atoms with van der Waals surface area (Å²) < 4.78 is 26.2. The monoisotopic (exact) mass is 326 g/mol. The minimum atomic E-state index is -0.919. The van der Waals surface area contributed by atoms with Gasteiger partial charge in [-0.2, -0.15) is 4.98 Å². The van der Waals surface area contributed by atoms with Crippen LogP contribution < -0.4 is 10.6 Å². The molecule has 0 amide bonds. The van der Waals surface area contributed by atoms with Gasteiger partial charge in [0.25, 0.3) is 0 Å². The first kappa shape index (κ1) is 15.9. The number of nitrogens with one attached hydrogen (secondary N) is 2. The van der Waals surface area contributed by atoms with Crippen molar-refractivity contribution in [1.82, 2.24) is 9.97 Å². The van der Waals surface area contributed by atoms with Crippen LogP contribution in [0.15, 0.2) is 60.8 Å². The zero-order valence-electron chi connectivity index (χ0n) is 12.8. The number of halogens is 2. The molecule has 1 aromatic heterocycles. The Morgan fingerprint density at radius 2 is 1.75 bits per heavy atom. The molecule has 0 atom stereocenters. The Balaban J connectivity index is 1.60. The number of aromatic nitrogens is 2. The summed E-state index contributed by atoms with van der Waals surface area (Å²) in [5.74, 6) is -0.841. The summed E-state index contributed by atoms with van der Waals surface area (Å²) in [6.45, 7) is 0.728. The molecule has 0 aliphatic carbocycles. The Labute approximate surface area is 138 Å². The second kappa shape index (κ2) is 7.50. The van der Waals surface area contributed by atoms with Crippen LogP contribution in [0.25, 0.3) is 0 Å². The van der Waals surface area contributed by atoms with Crippen LogP contribution in [0.3, 0.4) is 0 Å². The van der Waals surface area contributed by atoms with Gasteiger partial charge in [0.2, 0.25) is 5.95 Å². The number of benzene rings is 2.